The third-order valence-corrected chi connectivity index (χ3v) is 7.58. The van der Waals surface area contributed by atoms with Gasteiger partial charge in [0.25, 0.3) is 5.91 Å². The summed E-state index contributed by atoms with van der Waals surface area (Å²) in [5.74, 6) is 1.18. The van der Waals surface area contributed by atoms with Crippen molar-refractivity contribution in [2.75, 3.05) is 6.61 Å². The Morgan fingerprint density at radius 2 is 1.61 bits per heavy atom. The molecule has 1 aliphatic heterocycles. The second-order valence-electron chi connectivity index (χ2n) is 9.58. The zero-order chi connectivity index (χ0) is 26.6. The fourth-order valence-electron chi connectivity index (χ4n) is 4.24. The Kier molecular flexibility index (Phi) is 7.77. The van der Waals surface area contributed by atoms with E-state index in [4.69, 9.17) is 22.1 Å². The molecular weight excluding hydrogens is 510 g/mol. The van der Waals surface area contributed by atoms with Crippen LogP contribution in [0.15, 0.2) is 96.0 Å². The van der Waals surface area contributed by atoms with Gasteiger partial charge in [-0.15, -0.1) is 0 Å². The first kappa shape index (κ1) is 25.9. The second kappa shape index (κ2) is 11.4. The van der Waals surface area contributed by atoms with E-state index in [2.05, 4.69) is 13.8 Å². The van der Waals surface area contributed by atoms with Crippen LogP contribution in [0.2, 0.25) is 0 Å². The highest BCUT2D eigenvalue weighted by atomic mass is 32.2. The predicted octanol–water partition coefficient (Wildman–Crippen LogP) is 7.54. The van der Waals surface area contributed by atoms with Crippen LogP contribution < -0.4 is 4.74 Å². The molecule has 1 atom stereocenters. The SMILES string of the molecule is CC(C)COc1ccc(-c2nn(-c3ccccc3)cc2C=C2SC(=S)N(C(C)c3ccccc3)C2=O)cc1. The maximum atomic E-state index is 13.5. The number of thiocarbonyl (C=S) groups is 1. The Bertz CT molecular complexity index is 1460. The number of hydrogen-bond acceptors (Lipinski definition) is 5. The summed E-state index contributed by atoms with van der Waals surface area (Å²) in [6.45, 7) is 6.92. The number of thioether (sulfide) groups is 1. The Labute approximate surface area is 233 Å². The van der Waals surface area contributed by atoms with E-state index in [0.717, 1.165) is 33.8 Å². The number of nitrogens with zero attached hydrogens (tertiary/aromatic N) is 3. The van der Waals surface area contributed by atoms with Gasteiger partial charge < -0.3 is 4.74 Å². The second-order valence-corrected chi connectivity index (χ2v) is 11.3. The molecule has 192 valence electrons. The maximum Gasteiger partial charge on any atom is 0.266 e. The summed E-state index contributed by atoms with van der Waals surface area (Å²) in [7, 11) is 0. The van der Waals surface area contributed by atoms with Crippen molar-refractivity contribution >= 4 is 40.3 Å². The number of amides is 1. The van der Waals surface area contributed by atoms with E-state index in [1.807, 2.05) is 109 Å². The lowest BCUT2D eigenvalue weighted by Crippen LogP contribution is -2.30. The Hall–Kier alpha value is -3.68. The molecule has 5 nitrogen and oxygen atoms in total. The van der Waals surface area contributed by atoms with Gasteiger partial charge in [0, 0.05) is 17.3 Å². The molecule has 1 aliphatic rings. The zero-order valence-corrected chi connectivity index (χ0v) is 23.2. The average Bonchev–Trinajstić information content (AvgIpc) is 3.48. The van der Waals surface area contributed by atoms with Gasteiger partial charge >= 0.3 is 0 Å². The lowest BCUT2D eigenvalue weighted by molar-refractivity contribution is -0.123. The van der Waals surface area contributed by atoms with E-state index in [1.54, 1.807) is 4.90 Å². The molecule has 0 radical (unpaired) electrons. The van der Waals surface area contributed by atoms with Crippen molar-refractivity contribution in [3.63, 3.8) is 0 Å². The van der Waals surface area contributed by atoms with Crippen LogP contribution in [0.25, 0.3) is 23.0 Å². The van der Waals surface area contributed by atoms with Crippen LogP contribution in [-0.2, 0) is 4.79 Å². The molecule has 4 aromatic rings. The van der Waals surface area contributed by atoms with Gasteiger partial charge in [-0.25, -0.2) is 4.68 Å². The van der Waals surface area contributed by atoms with Crippen molar-refractivity contribution in [2.24, 2.45) is 5.92 Å². The average molecular weight is 540 g/mol. The minimum Gasteiger partial charge on any atom is -0.493 e. The van der Waals surface area contributed by atoms with E-state index >= 15 is 0 Å². The number of carbonyl (C=O) groups is 1. The smallest absolute Gasteiger partial charge is 0.266 e. The van der Waals surface area contributed by atoms with Crippen molar-refractivity contribution < 1.29 is 9.53 Å². The molecule has 1 saturated heterocycles. The first-order valence-corrected chi connectivity index (χ1v) is 13.8. The molecule has 0 N–H and O–H groups in total. The molecule has 1 fully saturated rings. The minimum absolute atomic E-state index is 0.0906. The number of carbonyl (C=O) groups excluding carboxylic acids is 1. The standard InChI is InChI=1S/C31H29N3O2S2/c1-21(2)20-36-27-16-14-24(15-17-27)29-25(19-33(32-29)26-12-8-5-9-13-26)18-28-30(35)34(31(37)38-28)22(3)23-10-6-4-7-11-23/h4-19,21-22H,20H2,1-3H3. The fraction of sp³-hybridized carbons (Fsp3) is 0.194. The fourth-order valence-corrected chi connectivity index (χ4v) is 5.65. The van der Waals surface area contributed by atoms with E-state index in [-0.39, 0.29) is 11.9 Å². The Morgan fingerprint density at radius 3 is 2.26 bits per heavy atom. The van der Waals surface area contributed by atoms with Crippen LogP contribution in [-0.4, -0.2) is 31.5 Å². The number of para-hydroxylation sites is 1. The van der Waals surface area contributed by atoms with Crippen LogP contribution in [0.5, 0.6) is 5.75 Å². The number of ether oxygens (including phenoxy) is 1. The van der Waals surface area contributed by atoms with Crippen LogP contribution in [0.1, 0.15) is 37.9 Å². The Balaban J connectivity index is 1.50. The molecule has 3 aromatic carbocycles. The first-order valence-electron chi connectivity index (χ1n) is 12.6. The summed E-state index contributed by atoms with van der Waals surface area (Å²) >= 11 is 6.98. The molecule has 1 aromatic heterocycles. The molecule has 0 saturated carbocycles. The number of rotatable bonds is 8. The molecule has 5 rings (SSSR count). The van der Waals surface area contributed by atoms with Gasteiger partial charge in [0.1, 0.15) is 10.1 Å². The van der Waals surface area contributed by atoms with Gasteiger partial charge in [0.05, 0.1) is 28.9 Å². The molecule has 7 heteroatoms. The van der Waals surface area contributed by atoms with Crippen molar-refractivity contribution in [2.45, 2.75) is 26.8 Å². The summed E-state index contributed by atoms with van der Waals surface area (Å²) in [6.07, 6.45) is 3.86. The lowest BCUT2D eigenvalue weighted by Gasteiger charge is -2.23. The number of benzene rings is 3. The monoisotopic (exact) mass is 539 g/mol. The zero-order valence-electron chi connectivity index (χ0n) is 21.6. The third-order valence-electron chi connectivity index (χ3n) is 6.25. The van der Waals surface area contributed by atoms with Crippen molar-refractivity contribution in [3.8, 4) is 22.7 Å². The highest BCUT2D eigenvalue weighted by Crippen LogP contribution is 2.39. The quantitative estimate of drug-likeness (QED) is 0.171. The van der Waals surface area contributed by atoms with Crippen molar-refractivity contribution in [1.29, 1.82) is 0 Å². The summed E-state index contributed by atoms with van der Waals surface area (Å²) in [5, 5.41) is 4.91. The normalized spacial score (nSPS) is 15.5. The molecular formula is C31H29N3O2S2. The van der Waals surface area contributed by atoms with Crippen molar-refractivity contribution in [1.82, 2.24) is 14.7 Å². The molecule has 1 unspecified atom stereocenters. The van der Waals surface area contributed by atoms with Crippen LogP contribution >= 0.6 is 24.0 Å². The van der Waals surface area contributed by atoms with Gasteiger partial charge in [-0.3, -0.25) is 9.69 Å². The molecule has 1 amide bonds. The molecule has 0 aliphatic carbocycles. The van der Waals surface area contributed by atoms with Gasteiger partial charge in [0.15, 0.2) is 0 Å². The van der Waals surface area contributed by atoms with E-state index < -0.39 is 0 Å². The van der Waals surface area contributed by atoms with Gasteiger partial charge in [0.2, 0.25) is 0 Å². The van der Waals surface area contributed by atoms with E-state index in [9.17, 15) is 4.79 Å². The number of aromatic nitrogens is 2. The topological polar surface area (TPSA) is 47.4 Å². The summed E-state index contributed by atoms with van der Waals surface area (Å²) in [4.78, 5) is 15.8. The molecule has 2 heterocycles. The van der Waals surface area contributed by atoms with Gasteiger partial charge in [-0.2, -0.15) is 5.10 Å². The molecule has 0 bridgehead atoms. The van der Waals surface area contributed by atoms with Gasteiger partial charge in [-0.05, 0) is 60.9 Å². The van der Waals surface area contributed by atoms with E-state index in [1.165, 1.54) is 11.8 Å². The lowest BCUT2D eigenvalue weighted by atomic mass is 10.1. The summed E-state index contributed by atoms with van der Waals surface area (Å²) in [5.41, 5.74) is 4.55. The largest absolute Gasteiger partial charge is 0.493 e. The minimum atomic E-state index is -0.153. The highest BCUT2D eigenvalue weighted by molar-refractivity contribution is 8.26. The number of hydrogen-bond donors (Lipinski definition) is 0. The predicted molar refractivity (Wildman–Crippen MR) is 159 cm³/mol. The first-order chi connectivity index (χ1) is 18.4. The van der Waals surface area contributed by atoms with Crippen LogP contribution in [0, 0.1) is 5.92 Å². The summed E-state index contributed by atoms with van der Waals surface area (Å²) in [6, 6.07) is 27.7. The van der Waals surface area contributed by atoms with Gasteiger partial charge in [-0.1, -0.05) is 86.4 Å². The van der Waals surface area contributed by atoms with Crippen molar-refractivity contribution in [3.05, 3.63) is 107 Å². The van der Waals surface area contributed by atoms with E-state index in [0.29, 0.717) is 21.8 Å². The highest BCUT2D eigenvalue weighted by Gasteiger charge is 2.36. The molecule has 0 spiro atoms. The molecule has 38 heavy (non-hydrogen) atoms. The van der Waals surface area contributed by atoms with Crippen LogP contribution in [0.3, 0.4) is 0 Å². The summed E-state index contributed by atoms with van der Waals surface area (Å²) < 4.78 is 8.26. The third kappa shape index (κ3) is 5.59. The Morgan fingerprint density at radius 1 is 0.947 bits per heavy atom. The van der Waals surface area contributed by atoms with Crippen LogP contribution in [0.4, 0.5) is 0 Å². The maximum absolute atomic E-state index is 13.5.